The van der Waals surface area contributed by atoms with Crippen molar-refractivity contribution in [1.29, 1.82) is 0 Å². The SMILES string of the molecule is C=C(C(=O)O)C(C)c1ccc(Cc2ccccc2)cc1. The van der Waals surface area contributed by atoms with Crippen molar-refractivity contribution in [3.8, 4) is 0 Å². The number of carboxylic acids is 1. The molecule has 2 aromatic carbocycles. The molecule has 2 heteroatoms. The van der Waals surface area contributed by atoms with Gasteiger partial charge in [0.25, 0.3) is 0 Å². The summed E-state index contributed by atoms with van der Waals surface area (Å²) in [5.74, 6) is -1.11. The Kier molecular flexibility index (Phi) is 4.36. The first-order chi connectivity index (χ1) is 9.58. The lowest BCUT2D eigenvalue weighted by molar-refractivity contribution is -0.132. The second-order valence-electron chi connectivity index (χ2n) is 4.96. The molecular weight excluding hydrogens is 248 g/mol. The van der Waals surface area contributed by atoms with Crippen molar-refractivity contribution < 1.29 is 9.90 Å². The summed E-state index contributed by atoms with van der Waals surface area (Å²) in [5, 5.41) is 8.96. The van der Waals surface area contributed by atoms with E-state index in [4.69, 9.17) is 5.11 Å². The Morgan fingerprint density at radius 1 is 1.05 bits per heavy atom. The molecule has 2 aromatic rings. The Morgan fingerprint density at radius 2 is 1.60 bits per heavy atom. The third-order valence-corrected chi connectivity index (χ3v) is 3.53. The number of carbonyl (C=O) groups is 1. The second kappa shape index (κ2) is 6.20. The average Bonchev–Trinajstić information content (AvgIpc) is 2.47. The van der Waals surface area contributed by atoms with Gasteiger partial charge in [0, 0.05) is 11.5 Å². The lowest BCUT2D eigenvalue weighted by Crippen LogP contribution is -2.07. The minimum absolute atomic E-state index is 0.168. The van der Waals surface area contributed by atoms with Crippen LogP contribution in [0.25, 0.3) is 0 Å². The Labute approximate surface area is 119 Å². The van der Waals surface area contributed by atoms with E-state index in [0.717, 1.165) is 12.0 Å². The van der Waals surface area contributed by atoms with E-state index in [1.54, 1.807) is 0 Å². The van der Waals surface area contributed by atoms with Crippen LogP contribution < -0.4 is 0 Å². The zero-order chi connectivity index (χ0) is 14.5. The zero-order valence-corrected chi connectivity index (χ0v) is 11.5. The molecule has 1 atom stereocenters. The summed E-state index contributed by atoms with van der Waals surface area (Å²) < 4.78 is 0. The molecule has 0 fully saturated rings. The smallest absolute Gasteiger partial charge is 0.331 e. The van der Waals surface area contributed by atoms with Gasteiger partial charge in [0.2, 0.25) is 0 Å². The van der Waals surface area contributed by atoms with Crippen LogP contribution in [-0.4, -0.2) is 11.1 Å². The summed E-state index contributed by atoms with van der Waals surface area (Å²) in [6, 6.07) is 18.3. The van der Waals surface area contributed by atoms with Crippen LogP contribution in [0.4, 0.5) is 0 Å². The fourth-order valence-corrected chi connectivity index (χ4v) is 2.14. The van der Waals surface area contributed by atoms with Crippen LogP contribution in [0.1, 0.15) is 29.5 Å². The molecular formula is C18H18O2. The van der Waals surface area contributed by atoms with Crippen molar-refractivity contribution in [2.45, 2.75) is 19.3 Å². The van der Waals surface area contributed by atoms with Crippen molar-refractivity contribution in [2.24, 2.45) is 0 Å². The van der Waals surface area contributed by atoms with Crippen LogP contribution in [-0.2, 0) is 11.2 Å². The molecule has 0 amide bonds. The quantitative estimate of drug-likeness (QED) is 0.830. The van der Waals surface area contributed by atoms with E-state index < -0.39 is 5.97 Å². The summed E-state index contributed by atoms with van der Waals surface area (Å²) in [6.45, 7) is 5.48. The minimum Gasteiger partial charge on any atom is -0.478 e. The first-order valence-corrected chi connectivity index (χ1v) is 6.63. The maximum atomic E-state index is 10.9. The van der Waals surface area contributed by atoms with Crippen LogP contribution in [0, 0.1) is 0 Å². The normalized spacial score (nSPS) is 11.8. The van der Waals surface area contributed by atoms with E-state index in [1.807, 2.05) is 49.4 Å². The largest absolute Gasteiger partial charge is 0.478 e. The standard InChI is InChI=1S/C18H18O2/c1-13(14(2)18(19)20)17-10-8-16(9-11-17)12-15-6-4-3-5-7-15/h3-11,13H,2,12H2,1H3,(H,19,20). The summed E-state index contributed by atoms with van der Waals surface area (Å²) in [4.78, 5) is 10.9. The van der Waals surface area contributed by atoms with E-state index in [1.165, 1.54) is 11.1 Å². The van der Waals surface area contributed by atoms with Crippen molar-refractivity contribution in [3.63, 3.8) is 0 Å². The van der Waals surface area contributed by atoms with Gasteiger partial charge in [0.15, 0.2) is 0 Å². The number of carboxylic acid groups (broad SMARTS) is 1. The average molecular weight is 266 g/mol. The lowest BCUT2D eigenvalue weighted by Gasteiger charge is -2.12. The molecule has 20 heavy (non-hydrogen) atoms. The van der Waals surface area contributed by atoms with Crippen LogP contribution in [0.15, 0.2) is 66.7 Å². The topological polar surface area (TPSA) is 37.3 Å². The molecule has 0 spiro atoms. The Hall–Kier alpha value is -2.35. The third-order valence-electron chi connectivity index (χ3n) is 3.53. The summed E-state index contributed by atoms with van der Waals surface area (Å²) >= 11 is 0. The van der Waals surface area contributed by atoms with Gasteiger partial charge in [-0.25, -0.2) is 4.79 Å². The molecule has 0 aromatic heterocycles. The molecule has 1 unspecified atom stereocenters. The fraction of sp³-hybridized carbons (Fsp3) is 0.167. The molecule has 0 aliphatic carbocycles. The Morgan fingerprint density at radius 3 is 2.15 bits per heavy atom. The highest BCUT2D eigenvalue weighted by atomic mass is 16.4. The summed E-state index contributed by atoms with van der Waals surface area (Å²) in [7, 11) is 0. The monoisotopic (exact) mass is 266 g/mol. The Balaban J connectivity index is 2.10. The molecule has 0 aliphatic heterocycles. The van der Waals surface area contributed by atoms with Crippen molar-refractivity contribution in [2.75, 3.05) is 0 Å². The van der Waals surface area contributed by atoms with Crippen LogP contribution in [0.3, 0.4) is 0 Å². The van der Waals surface area contributed by atoms with E-state index in [0.29, 0.717) is 0 Å². The molecule has 0 saturated carbocycles. The molecule has 0 heterocycles. The predicted molar refractivity (Wildman–Crippen MR) is 80.9 cm³/mol. The number of benzene rings is 2. The van der Waals surface area contributed by atoms with Gasteiger partial charge in [0.05, 0.1) is 0 Å². The molecule has 102 valence electrons. The second-order valence-corrected chi connectivity index (χ2v) is 4.96. The van der Waals surface area contributed by atoms with Gasteiger partial charge in [0.1, 0.15) is 0 Å². The van der Waals surface area contributed by atoms with Gasteiger partial charge < -0.3 is 5.11 Å². The molecule has 2 nitrogen and oxygen atoms in total. The maximum Gasteiger partial charge on any atom is 0.331 e. The molecule has 2 rings (SSSR count). The van der Waals surface area contributed by atoms with Gasteiger partial charge in [-0.15, -0.1) is 0 Å². The third kappa shape index (κ3) is 3.35. The van der Waals surface area contributed by atoms with Crippen LogP contribution in [0.5, 0.6) is 0 Å². The first kappa shape index (κ1) is 14.1. The van der Waals surface area contributed by atoms with Crippen molar-refractivity contribution >= 4 is 5.97 Å². The van der Waals surface area contributed by atoms with E-state index in [2.05, 4.69) is 18.7 Å². The van der Waals surface area contributed by atoms with Crippen LogP contribution in [0.2, 0.25) is 0 Å². The Bertz CT molecular complexity index is 597. The highest BCUT2D eigenvalue weighted by molar-refractivity contribution is 5.87. The zero-order valence-electron chi connectivity index (χ0n) is 11.5. The highest BCUT2D eigenvalue weighted by Gasteiger charge is 2.15. The minimum atomic E-state index is -0.939. The molecule has 0 bridgehead atoms. The fourth-order valence-electron chi connectivity index (χ4n) is 2.14. The summed E-state index contributed by atoms with van der Waals surface area (Å²) in [5.41, 5.74) is 3.69. The molecule has 0 saturated heterocycles. The van der Waals surface area contributed by atoms with Crippen LogP contribution >= 0.6 is 0 Å². The highest BCUT2D eigenvalue weighted by Crippen LogP contribution is 2.23. The predicted octanol–water partition coefficient (Wildman–Crippen LogP) is 4.02. The van der Waals surface area contributed by atoms with Gasteiger partial charge in [-0.3, -0.25) is 0 Å². The molecule has 0 aliphatic rings. The molecule has 1 N–H and O–H groups in total. The van der Waals surface area contributed by atoms with E-state index in [9.17, 15) is 4.79 Å². The maximum absolute atomic E-state index is 10.9. The first-order valence-electron chi connectivity index (χ1n) is 6.63. The number of rotatable bonds is 5. The van der Waals surface area contributed by atoms with E-state index >= 15 is 0 Å². The number of hydrogen-bond acceptors (Lipinski definition) is 1. The van der Waals surface area contributed by atoms with Gasteiger partial charge in [-0.05, 0) is 23.1 Å². The van der Waals surface area contributed by atoms with E-state index in [-0.39, 0.29) is 11.5 Å². The van der Waals surface area contributed by atoms with Crippen molar-refractivity contribution in [1.82, 2.24) is 0 Å². The van der Waals surface area contributed by atoms with Gasteiger partial charge >= 0.3 is 5.97 Å². The van der Waals surface area contributed by atoms with Gasteiger partial charge in [-0.2, -0.15) is 0 Å². The van der Waals surface area contributed by atoms with Gasteiger partial charge in [-0.1, -0.05) is 68.1 Å². The lowest BCUT2D eigenvalue weighted by atomic mass is 9.92. The summed E-state index contributed by atoms with van der Waals surface area (Å²) in [6.07, 6.45) is 0.884. The molecule has 0 radical (unpaired) electrons. The number of aliphatic carboxylic acids is 1. The van der Waals surface area contributed by atoms with Crippen molar-refractivity contribution in [3.05, 3.63) is 83.4 Å². The number of hydrogen-bond donors (Lipinski definition) is 1.